The van der Waals surface area contributed by atoms with Gasteiger partial charge in [0.25, 0.3) is 0 Å². The number of amides is 3. The van der Waals surface area contributed by atoms with Crippen molar-refractivity contribution in [2.24, 2.45) is 0 Å². The van der Waals surface area contributed by atoms with Crippen LogP contribution in [0.15, 0.2) is 78.9 Å². The normalized spacial score (nSPS) is 16.4. The first-order chi connectivity index (χ1) is 19.6. The molecule has 10 nitrogen and oxygen atoms in total. The largest absolute Gasteiger partial charge is 0.524 e. The average Bonchev–Trinajstić information content (AvgIpc) is 3.10. The summed E-state index contributed by atoms with van der Waals surface area (Å²) >= 11 is 0. The molecule has 41 heavy (non-hydrogen) atoms. The molecule has 0 aliphatic carbocycles. The predicted molar refractivity (Wildman–Crippen MR) is 153 cm³/mol. The smallest absolute Gasteiger partial charge is 0.404 e. The quantitative estimate of drug-likeness (QED) is 0.269. The maximum Gasteiger partial charge on any atom is 0.524 e. The highest BCUT2D eigenvalue weighted by Crippen LogP contribution is 2.37. The van der Waals surface area contributed by atoms with E-state index in [1.165, 1.54) is 19.1 Å². The van der Waals surface area contributed by atoms with Crippen molar-refractivity contribution in [3.63, 3.8) is 0 Å². The van der Waals surface area contributed by atoms with Crippen LogP contribution in [0.25, 0.3) is 11.1 Å². The maximum absolute atomic E-state index is 13.5. The number of hydrogen-bond acceptors (Lipinski definition) is 5. The number of phosphoric acid groups is 1. The van der Waals surface area contributed by atoms with Crippen LogP contribution in [0.2, 0.25) is 0 Å². The third kappa shape index (κ3) is 9.01. The molecular weight excluding hydrogens is 545 g/mol. The minimum atomic E-state index is -4.69. The van der Waals surface area contributed by atoms with E-state index in [1.54, 1.807) is 17.0 Å². The first-order valence-electron chi connectivity index (χ1n) is 13.4. The van der Waals surface area contributed by atoms with Crippen molar-refractivity contribution >= 4 is 25.5 Å². The Morgan fingerprint density at radius 3 is 2.22 bits per heavy atom. The summed E-state index contributed by atoms with van der Waals surface area (Å²) in [5.74, 6) is -1.08. The van der Waals surface area contributed by atoms with Gasteiger partial charge in [0.2, 0.25) is 17.7 Å². The summed E-state index contributed by atoms with van der Waals surface area (Å²) in [7, 11) is -4.69. The Kier molecular flexibility index (Phi) is 9.94. The molecule has 0 spiro atoms. The highest BCUT2D eigenvalue weighted by molar-refractivity contribution is 7.46. The fourth-order valence-corrected chi connectivity index (χ4v) is 5.23. The van der Waals surface area contributed by atoms with Gasteiger partial charge >= 0.3 is 7.82 Å². The molecule has 4 rings (SSSR count). The third-order valence-corrected chi connectivity index (χ3v) is 7.26. The Morgan fingerprint density at radius 2 is 1.59 bits per heavy atom. The molecule has 3 aromatic carbocycles. The fraction of sp³-hybridized carbons (Fsp3) is 0.300. The van der Waals surface area contributed by atoms with Gasteiger partial charge in [0, 0.05) is 26.4 Å². The lowest BCUT2D eigenvalue weighted by Gasteiger charge is -2.27. The van der Waals surface area contributed by atoms with Crippen LogP contribution in [0.3, 0.4) is 0 Å². The minimum absolute atomic E-state index is 0.0264. The molecule has 1 heterocycles. The number of benzene rings is 3. The van der Waals surface area contributed by atoms with Gasteiger partial charge in [0.1, 0.15) is 17.8 Å². The lowest BCUT2D eigenvalue weighted by molar-refractivity contribution is -0.137. The van der Waals surface area contributed by atoms with E-state index >= 15 is 0 Å². The summed E-state index contributed by atoms with van der Waals surface area (Å²) < 4.78 is 15.6. The van der Waals surface area contributed by atoms with E-state index < -0.39 is 31.7 Å². The molecule has 3 aromatic rings. The zero-order valence-corrected chi connectivity index (χ0v) is 23.6. The SMILES string of the molecule is CC(=O)N[C@@H](Cc1ccc(OP(=O)(O)O)cc1)C(=O)N[C@@H]1CCCCN(Cc2ccc(-c3ccccc3)cc2)C1=O. The highest BCUT2D eigenvalue weighted by atomic mass is 31.2. The molecule has 11 heteroatoms. The number of nitrogens with zero attached hydrogens (tertiary/aromatic N) is 1. The topological polar surface area (TPSA) is 145 Å². The van der Waals surface area contributed by atoms with E-state index in [0.717, 1.165) is 29.5 Å². The summed E-state index contributed by atoms with van der Waals surface area (Å²) in [6.07, 6.45) is 2.19. The molecule has 216 valence electrons. The molecular formula is C30H34N3O7P. The van der Waals surface area contributed by atoms with E-state index in [4.69, 9.17) is 9.79 Å². The van der Waals surface area contributed by atoms with Gasteiger partial charge in [-0.2, -0.15) is 0 Å². The molecule has 0 unspecified atom stereocenters. The van der Waals surface area contributed by atoms with Gasteiger partial charge in [0.15, 0.2) is 0 Å². The molecule has 4 N–H and O–H groups in total. The zero-order chi connectivity index (χ0) is 29.4. The van der Waals surface area contributed by atoms with E-state index in [2.05, 4.69) is 15.2 Å². The summed E-state index contributed by atoms with van der Waals surface area (Å²) in [5.41, 5.74) is 3.83. The zero-order valence-electron chi connectivity index (χ0n) is 22.7. The van der Waals surface area contributed by atoms with E-state index in [0.29, 0.717) is 25.1 Å². The number of carbonyl (C=O) groups excluding carboxylic acids is 3. The third-order valence-electron chi connectivity index (χ3n) is 6.81. The van der Waals surface area contributed by atoms with Crippen molar-refractivity contribution in [2.45, 2.75) is 51.2 Å². The molecule has 1 fully saturated rings. The second-order valence-electron chi connectivity index (χ2n) is 10.1. The number of carbonyl (C=O) groups is 3. The van der Waals surface area contributed by atoms with E-state index in [1.807, 2.05) is 54.6 Å². The number of nitrogens with one attached hydrogen (secondary N) is 2. The van der Waals surface area contributed by atoms with Gasteiger partial charge < -0.3 is 20.1 Å². The molecule has 0 bridgehead atoms. The summed E-state index contributed by atoms with van der Waals surface area (Å²) in [5, 5.41) is 5.49. The molecule has 1 aliphatic heterocycles. The Morgan fingerprint density at radius 1 is 0.951 bits per heavy atom. The highest BCUT2D eigenvalue weighted by Gasteiger charge is 2.31. The first kappa shape index (κ1) is 30.0. The molecule has 3 amide bonds. The Hall–Kier alpha value is -3.98. The number of rotatable bonds is 10. The van der Waals surface area contributed by atoms with Gasteiger partial charge in [-0.25, -0.2) is 4.57 Å². The molecule has 0 saturated carbocycles. The van der Waals surface area contributed by atoms with Crippen molar-refractivity contribution in [1.29, 1.82) is 0 Å². The number of likely N-dealkylation sites (tertiary alicyclic amines) is 1. The van der Waals surface area contributed by atoms with Crippen molar-refractivity contribution in [2.75, 3.05) is 6.54 Å². The second-order valence-corrected chi connectivity index (χ2v) is 11.2. The summed E-state index contributed by atoms with van der Waals surface area (Å²) in [6, 6.07) is 22.3. The van der Waals surface area contributed by atoms with Crippen molar-refractivity contribution in [3.05, 3.63) is 90.0 Å². The van der Waals surface area contributed by atoms with E-state index in [-0.39, 0.29) is 18.1 Å². The fourth-order valence-electron chi connectivity index (χ4n) is 4.84. The summed E-state index contributed by atoms with van der Waals surface area (Å²) in [4.78, 5) is 58.3. The van der Waals surface area contributed by atoms with Crippen LogP contribution in [0.4, 0.5) is 0 Å². The number of hydrogen-bond donors (Lipinski definition) is 4. The predicted octanol–water partition coefficient (Wildman–Crippen LogP) is 3.57. The van der Waals surface area contributed by atoms with Crippen molar-refractivity contribution in [1.82, 2.24) is 15.5 Å². The van der Waals surface area contributed by atoms with Gasteiger partial charge in [-0.3, -0.25) is 24.2 Å². The first-order valence-corrected chi connectivity index (χ1v) is 14.9. The molecule has 0 radical (unpaired) electrons. The second kappa shape index (κ2) is 13.6. The van der Waals surface area contributed by atoms with Gasteiger partial charge in [-0.1, -0.05) is 66.7 Å². The van der Waals surface area contributed by atoms with Crippen molar-refractivity contribution < 1.29 is 33.3 Å². The molecule has 2 atom stereocenters. The van der Waals surface area contributed by atoms with Gasteiger partial charge in [0.05, 0.1) is 0 Å². The summed E-state index contributed by atoms with van der Waals surface area (Å²) in [6.45, 7) is 2.32. The van der Waals surface area contributed by atoms with Crippen LogP contribution in [-0.4, -0.2) is 51.0 Å². The monoisotopic (exact) mass is 579 g/mol. The van der Waals surface area contributed by atoms with Crippen LogP contribution in [0.5, 0.6) is 5.75 Å². The van der Waals surface area contributed by atoms with E-state index in [9.17, 15) is 18.9 Å². The number of phosphoric ester groups is 1. The molecule has 1 saturated heterocycles. The lowest BCUT2D eigenvalue weighted by Crippen LogP contribution is -2.54. The minimum Gasteiger partial charge on any atom is -0.404 e. The average molecular weight is 580 g/mol. The maximum atomic E-state index is 13.5. The van der Waals surface area contributed by atoms with Crippen LogP contribution in [0, 0.1) is 0 Å². The molecule has 0 aromatic heterocycles. The van der Waals surface area contributed by atoms with Crippen LogP contribution in [0.1, 0.15) is 37.3 Å². The lowest BCUT2D eigenvalue weighted by atomic mass is 10.0. The Labute approximate surface area is 239 Å². The Bertz CT molecular complexity index is 1390. The Balaban J connectivity index is 1.41. The van der Waals surface area contributed by atoms with Crippen LogP contribution < -0.4 is 15.2 Å². The van der Waals surface area contributed by atoms with Crippen LogP contribution in [-0.2, 0) is 31.9 Å². The van der Waals surface area contributed by atoms with Gasteiger partial charge in [-0.05, 0) is 53.6 Å². The molecule has 1 aliphatic rings. The van der Waals surface area contributed by atoms with Crippen LogP contribution >= 0.6 is 7.82 Å². The van der Waals surface area contributed by atoms with Gasteiger partial charge in [-0.15, -0.1) is 0 Å². The van der Waals surface area contributed by atoms with Crippen molar-refractivity contribution in [3.8, 4) is 16.9 Å². The standard InChI is InChI=1S/C30H34N3O7P/c1-21(34)31-28(19-22-12-16-26(17-13-22)40-41(37,38)39)29(35)32-27-9-5-6-18-33(30(27)36)20-23-10-14-25(15-11-23)24-7-3-2-4-8-24/h2-4,7-8,10-17,27-28H,5-6,9,18-20H2,1H3,(H,31,34)(H,32,35)(H2,37,38,39)/t27-,28+/m1/s1.